The molecule has 2 aliphatic heterocycles. The Morgan fingerprint density at radius 2 is 1.56 bits per heavy atom. The number of benzene rings is 1. The molecule has 2 aliphatic rings. The van der Waals surface area contributed by atoms with Crippen molar-refractivity contribution in [2.24, 2.45) is 0 Å². The van der Waals surface area contributed by atoms with E-state index in [1.54, 1.807) is 0 Å². The molecule has 4 heteroatoms. The molecule has 2 fully saturated rings. The number of piperidine rings is 1. The zero-order valence-corrected chi connectivity index (χ0v) is 16.1. The number of hydrogen-bond donors (Lipinski definition) is 1. The standard InChI is InChI=1S/C21H33N3O/c1-21(2,3)18-9-7-17(8-10-18)19(23-15-11-22-12-16-23)20(25)24-13-5-4-6-14-24/h7-10,19,22H,4-6,11-16H2,1-3H3. The highest BCUT2D eigenvalue weighted by Gasteiger charge is 2.32. The quantitative estimate of drug-likeness (QED) is 0.916. The van der Waals surface area contributed by atoms with Gasteiger partial charge in [-0.05, 0) is 35.8 Å². The van der Waals surface area contributed by atoms with Crippen molar-refractivity contribution in [3.8, 4) is 0 Å². The number of likely N-dealkylation sites (tertiary alicyclic amines) is 1. The zero-order chi connectivity index (χ0) is 17.9. The van der Waals surface area contributed by atoms with Crippen LogP contribution in [-0.2, 0) is 10.2 Å². The number of hydrogen-bond acceptors (Lipinski definition) is 3. The molecule has 0 aromatic heterocycles. The fraction of sp³-hybridized carbons (Fsp3) is 0.667. The number of nitrogens with zero attached hydrogens (tertiary/aromatic N) is 2. The summed E-state index contributed by atoms with van der Waals surface area (Å²) in [6, 6.07) is 8.63. The third kappa shape index (κ3) is 4.42. The first-order chi connectivity index (χ1) is 12.0. The summed E-state index contributed by atoms with van der Waals surface area (Å²) < 4.78 is 0. The summed E-state index contributed by atoms with van der Waals surface area (Å²) in [4.78, 5) is 17.8. The Kier molecular flexibility index (Phi) is 5.80. The minimum Gasteiger partial charge on any atom is -0.341 e. The molecule has 0 radical (unpaired) electrons. The molecule has 0 bridgehead atoms. The van der Waals surface area contributed by atoms with Gasteiger partial charge in [0.15, 0.2) is 0 Å². The maximum Gasteiger partial charge on any atom is 0.244 e. The van der Waals surface area contributed by atoms with Crippen LogP contribution in [0.15, 0.2) is 24.3 Å². The first-order valence-electron chi connectivity index (χ1n) is 9.81. The topological polar surface area (TPSA) is 35.6 Å². The van der Waals surface area contributed by atoms with Gasteiger partial charge >= 0.3 is 0 Å². The van der Waals surface area contributed by atoms with Gasteiger partial charge in [0.2, 0.25) is 5.91 Å². The maximum absolute atomic E-state index is 13.3. The Labute approximate surface area is 152 Å². The van der Waals surface area contributed by atoms with Gasteiger partial charge in [-0.1, -0.05) is 45.0 Å². The van der Waals surface area contributed by atoms with Crippen molar-refractivity contribution in [3.05, 3.63) is 35.4 Å². The first kappa shape index (κ1) is 18.4. The predicted molar refractivity (Wildman–Crippen MR) is 103 cm³/mol. The smallest absolute Gasteiger partial charge is 0.244 e. The Morgan fingerprint density at radius 1 is 0.960 bits per heavy atom. The van der Waals surface area contributed by atoms with Gasteiger partial charge in [0.25, 0.3) is 0 Å². The van der Waals surface area contributed by atoms with Gasteiger partial charge in [0.1, 0.15) is 6.04 Å². The van der Waals surface area contributed by atoms with E-state index in [4.69, 9.17) is 0 Å². The lowest BCUT2D eigenvalue weighted by molar-refractivity contribution is -0.138. The second kappa shape index (κ2) is 7.88. The molecule has 1 amide bonds. The molecule has 1 aromatic carbocycles. The van der Waals surface area contributed by atoms with Crippen LogP contribution in [0.4, 0.5) is 0 Å². The van der Waals surface area contributed by atoms with Crippen LogP contribution in [0.3, 0.4) is 0 Å². The van der Waals surface area contributed by atoms with Crippen LogP contribution in [0.5, 0.6) is 0 Å². The van der Waals surface area contributed by atoms with Crippen LogP contribution in [-0.4, -0.2) is 55.0 Å². The monoisotopic (exact) mass is 343 g/mol. The lowest BCUT2D eigenvalue weighted by Gasteiger charge is -2.38. The van der Waals surface area contributed by atoms with Crippen LogP contribution in [0.1, 0.15) is 57.2 Å². The van der Waals surface area contributed by atoms with Crippen molar-refractivity contribution in [1.29, 1.82) is 0 Å². The first-order valence-corrected chi connectivity index (χ1v) is 9.81. The van der Waals surface area contributed by atoms with Crippen molar-refractivity contribution >= 4 is 5.91 Å². The van der Waals surface area contributed by atoms with Crippen molar-refractivity contribution in [2.45, 2.75) is 51.5 Å². The van der Waals surface area contributed by atoms with E-state index >= 15 is 0 Å². The van der Waals surface area contributed by atoms with Gasteiger partial charge in [-0.25, -0.2) is 0 Å². The number of rotatable bonds is 3. The highest BCUT2D eigenvalue weighted by atomic mass is 16.2. The second-order valence-corrected chi connectivity index (χ2v) is 8.45. The molecular formula is C21H33N3O. The fourth-order valence-electron chi connectivity index (χ4n) is 3.90. The molecule has 0 aliphatic carbocycles. The summed E-state index contributed by atoms with van der Waals surface area (Å²) >= 11 is 0. The third-order valence-electron chi connectivity index (χ3n) is 5.51. The van der Waals surface area contributed by atoms with E-state index in [0.717, 1.165) is 57.7 Å². The van der Waals surface area contributed by atoms with E-state index in [0.29, 0.717) is 5.91 Å². The number of nitrogens with one attached hydrogen (secondary N) is 1. The predicted octanol–water partition coefficient (Wildman–Crippen LogP) is 2.94. The molecule has 1 aromatic rings. The van der Waals surface area contributed by atoms with E-state index in [1.165, 1.54) is 12.0 Å². The van der Waals surface area contributed by atoms with Gasteiger partial charge in [-0.15, -0.1) is 0 Å². The van der Waals surface area contributed by atoms with Crippen molar-refractivity contribution in [3.63, 3.8) is 0 Å². The molecule has 2 heterocycles. The minimum atomic E-state index is -0.130. The van der Waals surface area contributed by atoms with Gasteiger partial charge in [0.05, 0.1) is 0 Å². The Balaban J connectivity index is 1.86. The third-order valence-corrected chi connectivity index (χ3v) is 5.51. The van der Waals surface area contributed by atoms with Gasteiger partial charge in [-0.2, -0.15) is 0 Å². The molecule has 0 saturated carbocycles. The Morgan fingerprint density at radius 3 is 2.12 bits per heavy atom. The molecule has 1 N–H and O–H groups in total. The SMILES string of the molecule is CC(C)(C)c1ccc(C(C(=O)N2CCCCC2)N2CCNCC2)cc1. The molecule has 1 unspecified atom stereocenters. The van der Waals surface area contributed by atoms with Gasteiger partial charge in [0, 0.05) is 39.3 Å². The summed E-state index contributed by atoms with van der Waals surface area (Å²) in [7, 11) is 0. The van der Waals surface area contributed by atoms with Gasteiger partial charge in [-0.3, -0.25) is 9.69 Å². The molecule has 3 rings (SSSR count). The molecule has 4 nitrogen and oxygen atoms in total. The van der Waals surface area contributed by atoms with Crippen LogP contribution >= 0.6 is 0 Å². The number of amides is 1. The molecular weight excluding hydrogens is 310 g/mol. The molecule has 2 saturated heterocycles. The normalized spacial score (nSPS) is 21.2. The van der Waals surface area contributed by atoms with Crippen LogP contribution in [0.25, 0.3) is 0 Å². The maximum atomic E-state index is 13.3. The summed E-state index contributed by atoms with van der Waals surface area (Å²) in [6.45, 7) is 12.3. The summed E-state index contributed by atoms with van der Waals surface area (Å²) in [6.07, 6.45) is 3.54. The summed E-state index contributed by atoms with van der Waals surface area (Å²) in [5.41, 5.74) is 2.60. The zero-order valence-electron chi connectivity index (χ0n) is 16.1. The second-order valence-electron chi connectivity index (χ2n) is 8.45. The number of carbonyl (C=O) groups excluding carboxylic acids is 1. The lowest BCUT2D eigenvalue weighted by atomic mass is 9.86. The van der Waals surface area contributed by atoms with Crippen molar-refractivity contribution in [1.82, 2.24) is 15.1 Å². The number of carbonyl (C=O) groups is 1. The highest BCUT2D eigenvalue weighted by Crippen LogP contribution is 2.28. The molecule has 1 atom stereocenters. The van der Waals surface area contributed by atoms with E-state index in [-0.39, 0.29) is 11.5 Å². The average Bonchev–Trinajstić information content (AvgIpc) is 2.63. The summed E-state index contributed by atoms with van der Waals surface area (Å²) in [5.74, 6) is 0.296. The Bertz CT molecular complexity index is 564. The van der Waals surface area contributed by atoms with Crippen LogP contribution in [0.2, 0.25) is 0 Å². The van der Waals surface area contributed by atoms with E-state index in [2.05, 4.69) is 60.2 Å². The van der Waals surface area contributed by atoms with E-state index in [9.17, 15) is 4.79 Å². The lowest BCUT2D eigenvalue weighted by Crippen LogP contribution is -2.51. The minimum absolute atomic E-state index is 0.130. The largest absolute Gasteiger partial charge is 0.341 e. The molecule has 25 heavy (non-hydrogen) atoms. The summed E-state index contributed by atoms with van der Waals surface area (Å²) in [5, 5.41) is 3.40. The van der Waals surface area contributed by atoms with Crippen molar-refractivity contribution in [2.75, 3.05) is 39.3 Å². The molecule has 0 spiro atoms. The van der Waals surface area contributed by atoms with E-state index < -0.39 is 0 Å². The van der Waals surface area contributed by atoms with Crippen molar-refractivity contribution < 1.29 is 4.79 Å². The fourth-order valence-corrected chi connectivity index (χ4v) is 3.90. The van der Waals surface area contributed by atoms with Crippen LogP contribution < -0.4 is 5.32 Å². The Hall–Kier alpha value is -1.39. The van der Waals surface area contributed by atoms with Crippen LogP contribution in [0, 0.1) is 0 Å². The highest BCUT2D eigenvalue weighted by molar-refractivity contribution is 5.83. The number of piperazine rings is 1. The average molecular weight is 344 g/mol. The van der Waals surface area contributed by atoms with Gasteiger partial charge < -0.3 is 10.2 Å². The van der Waals surface area contributed by atoms with E-state index in [1.807, 2.05) is 0 Å². The molecule has 138 valence electrons.